The van der Waals surface area contributed by atoms with Crippen LogP contribution in [-0.4, -0.2) is 52.7 Å². The van der Waals surface area contributed by atoms with E-state index >= 15 is 0 Å². The standard InChI is InChI=1S/C24H26N4O4/c1-30-16-23(29)28-10-8-17-12-21-6-7-22(17)24(28)18-4-2-5-20(13-18)31-11-3-9-27-14-19(15-32-21)25-26-27/h2,4-7,12-14,24H,3,8-11,15-16H2,1H3. The number of aromatic nitrogens is 3. The van der Waals surface area contributed by atoms with Crippen LogP contribution in [0.4, 0.5) is 0 Å². The lowest BCUT2D eigenvalue weighted by Crippen LogP contribution is -2.42. The Bertz CT molecular complexity index is 1110. The predicted octanol–water partition coefficient (Wildman–Crippen LogP) is 2.76. The molecule has 0 N–H and O–H groups in total. The van der Waals surface area contributed by atoms with Crippen molar-refractivity contribution in [3.63, 3.8) is 0 Å². The van der Waals surface area contributed by atoms with Crippen molar-refractivity contribution in [2.45, 2.75) is 32.0 Å². The monoisotopic (exact) mass is 434 g/mol. The Morgan fingerprint density at radius 2 is 2.06 bits per heavy atom. The van der Waals surface area contributed by atoms with Gasteiger partial charge in [-0.25, -0.2) is 0 Å². The molecule has 8 nitrogen and oxygen atoms in total. The van der Waals surface area contributed by atoms with Gasteiger partial charge in [-0.05, 0) is 47.4 Å². The highest BCUT2D eigenvalue weighted by Gasteiger charge is 2.32. The summed E-state index contributed by atoms with van der Waals surface area (Å²) >= 11 is 0. The normalized spacial score (nSPS) is 17.9. The number of methoxy groups -OCH3 is 1. The fraction of sp³-hybridized carbons (Fsp3) is 0.375. The molecular weight excluding hydrogens is 408 g/mol. The summed E-state index contributed by atoms with van der Waals surface area (Å²) in [6.45, 7) is 2.31. The molecule has 0 radical (unpaired) electrons. The molecule has 6 rings (SSSR count). The zero-order valence-electron chi connectivity index (χ0n) is 18.1. The summed E-state index contributed by atoms with van der Waals surface area (Å²) in [5.41, 5.74) is 4.08. The zero-order valence-corrected chi connectivity index (χ0v) is 18.1. The Labute approximate surface area is 186 Å². The van der Waals surface area contributed by atoms with Crippen LogP contribution in [-0.2, 0) is 29.1 Å². The van der Waals surface area contributed by atoms with Gasteiger partial charge in [0.05, 0.1) is 18.8 Å². The number of carbonyl (C=O) groups excluding carboxylic acids is 1. The van der Waals surface area contributed by atoms with Crippen molar-refractivity contribution >= 4 is 5.91 Å². The number of hydrogen-bond donors (Lipinski definition) is 0. The fourth-order valence-corrected chi connectivity index (χ4v) is 4.39. The van der Waals surface area contributed by atoms with E-state index in [4.69, 9.17) is 14.2 Å². The lowest BCUT2D eigenvalue weighted by Gasteiger charge is -2.38. The van der Waals surface area contributed by atoms with E-state index in [1.54, 1.807) is 7.11 Å². The van der Waals surface area contributed by atoms with E-state index in [9.17, 15) is 4.79 Å². The number of aryl methyl sites for hydroxylation is 1. The lowest BCUT2D eigenvalue weighted by atomic mass is 9.87. The molecule has 3 aliphatic rings. The van der Waals surface area contributed by atoms with Gasteiger partial charge in [0.15, 0.2) is 0 Å². The topological polar surface area (TPSA) is 78.7 Å². The van der Waals surface area contributed by atoms with Crippen molar-refractivity contribution < 1.29 is 19.0 Å². The SMILES string of the molecule is COCC(=O)N1CCc2cc3ccc2C1c1cccc(c1)OCCCn1cc(nn1)CO3. The fourth-order valence-electron chi connectivity index (χ4n) is 4.39. The van der Waals surface area contributed by atoms with Crippen LogP contribution in [0.1, 0.15) is 34.8 Å². The molecule has 4 heterocycles. The molecule has 3 aliphatic heterocycles. The predicted molar refractivity (Wildman–Crippen MR) is 116 cm³/mol. The quantitative estimate of drug-likeness (QED) is 0.617. The molecule has 0 saturated carbocycles. The molecule has 1 aromatic heterocycles. The average molecular weight is 434 g/mol. The van der Waals surface area contributed by atoms with Crippen LogP contribution in [0, 0.1) is 0 Å². The minimum Gasteiger partial charge on any atom is -0.494 e. The van der Waals surface area contributed by atoms with Crippen molar-refractivity contribution in [1.82, 2.24) is 19.9 Å². The summed E-state index contributed by atoms with van der Waals surface area (Å²) in [5.74, 6) is 1.55. The van der Waals surface area contributed by atoms with Crippen LogP contribution in [0.25, 0.3) is 0 Å². The van der Waals surface area contributed by atoms with Crippen molar-refractivity contribution in [2.75, 3.05) is 26.9 Å². The Kier molecular flexibility index (Phi) is 5.77. The van der Waals surface area contributed by atoms with Crippen LogP contribution in [0.15, 0.2) is 48.7 Å². The molecule has 0 fully saturated rings. The maximum atomic E-state index is 12.9. The molecule has 2 aromatic carbocycles. The van der Waals surface area contributed by atoms with Crippen molar-refractivity contribution in [3.8, 4) is 11.5 Å². The smallest absolute Gasteiger partial charge is 0.249 e. The first kappa shape index (κ1) is 20.5. The summed E-state index contributed by atoms with van der Waals surface area (Å²) in [6.07, 6.45) is 3.47. The van der Waals surface area contributed by atoms with E-state index in [1.807, 2.05) is 40.0 Å². The number of benzene rings is 2. The third-order valence-electron chi connectivity index (χ3n) is 5.88. The number of amides is 1. The van der Waals surface area contributed by atoms with Gasteiger partial charge in [0.1, 0.15) is 30.4 Å². The van der Waals surface area contributed by atoms with Gasteiger partial charge in [-0.15, -0.1) is 5.10 Å². The van der Waals surface area contributed by atoms with Crippen molar-refractivity contribution in [3.05, 3.63) is 71.0 Å². The first-order valence-electron chi connectivity index (χ1n) is 10.9. The second kappa shape index (κ2) is 9.00. The Balaban J connectivity index is 1.55. The lowest BCUT2D eigenvalue weighted by molar-refractivity contribution is -0.137. The summed E-state index contributed by atoms with van der Waals surface area (Å²) in [4.78, 5) is 14.8. The first-order chi connectivity index (χ1) is 15.7. The molecule has 166 valence electrons. The molecular formula is C24H26N4O4. The summed E-state index contributed by atoms with van der Waals surface area (Å²) in [5, 5.41) is 8.37. The minimum atomic E-state index is -0.201. The molecule has 3 aromatic rings. The number of ether oxygens (including phenoxy) is 3. The maximum Gasteiger partial charge on any atom is 0.249 e. The van der Waals surface area contributed by atoms with E-state index in [0.717, 1.165) is 41.2 Å². The molecule has 32 heavy (non-hydrogen) atoms. The second-order valence-electron chi connectivity index (χ2n) is 8.07. The van der Waals surface area contributed by atoms with Gasteiger partial charge in [0, 0.05) is 26.6 Å². The summed E-state index contributed by atoms with van der Waals surface area (Å²) < 4.78 is 19.0. The van der Waals surface area contributed by atoms with Gasteiger partial charge in [0.2, 0.25) is 5.91 Å². The number of nitrogens with zero attached hydrogens (tertiary/aromatic N) is 4. The van der Waals surface area contributed by atoms with E-state index < -0.39 is 0 Å². The van der Waals surface area contributed by atoms with E-state index in [1.165, 1.54) is 5.56 Å². The Morgan fingerprint density at radius 3 is 2.97 bits per heavy atom. The number of rotatable bonds is 2. The number of hydrogen-bond acceptors (Lipinski definition) is 6. The van der Waals surface area contributed by atoms with Crippen molar-refractivity contribution in [2.24, 2.45) is 0 Å². The highest BCUT2D eigenvalue weighted by atomic mass is 16.5. The van der Waals surface area contributed by atoms with Gasteiger partial charge in [-0.3, -0.25) is 9.48 Å². The third kappa shape index (κ3) is 4.18. The molecule has 1 unspecified atom stereocenters. The van der Waals surface area contributed by atoms with Crippen LogP contribution >= 0.6 is 0 Å². The molecule has 1 amide bonds. The molecule has 8 bridgehead atoms. The average Bonchev–Trinajstić information content (AvgIpc) is 3.27. The molecule has 1 atom stereocenters. The van der Waals surface area contributed by atoms with Crippen LogP contribution < -0.4 is 9.47 Å². The second-order valence-corrected chi connectivity index (χ2v) is 8.07. The molecule has 8 heteroatoms. The van der Waals surface area contributed by atoms with Crippen LogP contribution in [0.2, 0.25) is 0 Å². The van der Waals surface area contributed by atoms with Gasteiger partial charge in [0.25, 0.3) is 0 Å². The van der Waals surface area contributed by atoms with Crippen molar-refractivity contribution in [1.29, 1.82) is 0 Å². The summed E-state index contributed by atoms with van der Waals surface area (Å²) in [7, 11) is 1.55. The van der Waals surface area contributed by atoms with Gasteiger partial charge in [-0.1, -0.05) is 23.4 Å². The van der Waals surface area contributed by atoms with Crippen LogP contribution in [0.5, 0.6) is 11.5 Å². The van der Waals surface area contributed by atoms with E-state index in [0.29, 0.717) is 26.3 Å². The van der Waals surface area contributed by atoms with Gasteiger partial charge >= 0.3 is 0 Å². The first-order valence-corrected chi connectivity index (χ1v) is 10.9. The van der Waals surface area contributed by atoms with Gasteiger partial charge < -0.3 is 19.1 Å². The highest BCUT2D eigenvalue weighted by molar-refractivity contribution is 5.79. The molecule has 0 spiro atoms. The third-order valence-corrected chi connectivity index (χ3v) is 5.88. The van der Waals surface area contributed by atoms with Crippen LogP contribution in [0.3, 0.4) is 0 Å². The molecule has 0 aliphatic carbocycles. The highest BCUT2D eigenvalue weighted by Crippen LogP contribution is 2.38. The van der Waals surface area contributed by atoms with E-state index in [-0.39, 0.29) is 18.6 Å². The largest absolute Gasteiger partial charge is 0.494 e. The zero-order chi connectivity index (χ0) is 21.9. The van der Waals surface area contributed by atoms with Gasteiger partial charge in [-0.2, -0.15) is 0 Å². The number of fused-ring (bicyclic) bond motifs is 5. The summed E-state index contributed by atoms with van der Waals surface area (Å²) in [6, 6.07) is 13.9. The Morgan fingerprint density at radius 1 is 1.16 bits per heavy atom. The Hall–Kier alpha value is -3.39. The van der Waals surface area contributed by atoms with E-state index in [2.05, 4.69) is 28.5 Å². The minimum absolute atomic E-state index is 0.0249. The number of carbonyl (C=O) groups is 1. The molecule has 0 saturated heterocycles. The maximum absolute atomic E-state index is 12.9.